The maximum Gasteiger partial charge on any atom is 0.346 e. The molecule has 11 heavy (non-hydrogen) atoms. The lowest BCUT2D eigenvalue weighted by Gasteiger charge is -2.03. The molecule has 1 aliphatic carbocycles. The van der Waals surface area contributed by atoms with Gasteiger partial charge in [0.2, 0.25) is 0 Å². The molecule has 2 rings (SSSR count). The van der Waals surface area contributed by atoms with Gasteiger partial charge in [0.1, 0.15) is 5.71 Å². The van der Waals surface area contributed by atoms with Crippen molar-refractivity contribution in [2.75, 3.05) is 0 Å². The van der Waals surface area contributed by atoms with E-state index in [4.69, 9.17) is 5.41 Å². The zero-order valence-corrected chi connectivity index (χ0v) is 5.59. The molecule has 0 aromatic heterocycles. The van der Waals surface area contributed by atoms with Gasteiger partial charge in [-0.15, -0.1) is 0 Å². The fourth-order valence-corrected chi connectivity index (χ4v) is 1.01. The fourth-order valence-electron chi connectivity index (χ4n) is 1.01. The third-order valence-electron chi connectivity index (χ3n) is 1.49. The Morgan fingerprint density at radius 2 is 2.36 bits per heavy atom. The second kappa shape index (κ2) is 1.88. The number of urea groups is 1. The second-order valence-corrected chi connectivity index (χ2v) is 2.24. The van der Waals surface area contributed by atoms with Crippen LogP contribution in [0.1, 0.15) is 0 Å². The first kappa shape index (κ1) is 6.03. The Morgan fingerprint density at radius 3 is 3.09 bits per heavy atom. The molecule has 0 spiro atoms. The van der Waals surface area contributed by atoms with Crippen LogP contribution < -0.4 is 5.32 Å². The molecule has 1 heterocycles. The highest BCUT2D eigenvalue weighted by Crippen LogP contribution is 2.09. The van der Waals surface area contributed by atoms with Gasteiger partial charge in [-0.2, -0.15) is 4.99 Å². The van der Waals surface area contributed by atoms with Gasteiger partial charge < -0.3 is 5.32 Å². The van der Waals surface area contributed by atoms with E-state index in [1.807, 2.05) is 0 Å². The van der Waals surface area contributed by atoms with Crippen LogP contribution in [0.15, 0.2) is 28.9 Å². The molecule has 4 nitrogen and oxygen atoms in total. The first-order valence-corrected chi connectivity index (χ1v) is 3.15. The smallest absolute Gasteiger partial charge is 0.304 e. The molecule has 2 aliphatic rings. The summed E-state index contributed by atoms with van der Waals surface area (Å²) >= 11 is 0. The highest BCUT2D eigenvalue weighted by Gasteiger charge is 2.22. The predicted molar refractivity (Wildman–Crippen MR) is 40.9 cm³/mol. The number of rotatable bonds is 0. The molecule has 0 saturated heterocycles. The summed E-state index contributed by atoms with van der Waals surface area (Å²) in [5, 5.41) is 9.87. The van der Waals surface area contributed by atoms with E-state index < -0.39 is 0 Å². The van der Waals surface area contributed by atoms with Gasteiger partial charge in [-0.3, -0.25) is 5.41 Å². The van der Waals surface area contributed by atoms with E-state index in [1.165, 1.54) is 0 Å². The highest BCUT2D eigenvalue weighted by molar-refractivity contribution is 6.54. The number of fused-ring (bicyclic) bond motifs is 1. The lowest BCUT2D eigenvalue weighted by molar-refractivity contribution is 0.253. The number of carbonyl (C=O) groups is 1. The number of allylic oxidation sites excluding steroid dienone is 4. The zero-order chi connectivity index (χ0) is 7.84. The summed E-state index contributed by atoms with van der Waals surface area (Å²) in [6, 6.07) is -0.389. The van der Waals surface area contributed by atoms with Crippen molar-refractivity contribution in [3.63, 3.8) is 0 Å². The van der Waals surface area contributed by atoms with Crippen LogP contribution in [0.5, 0.6) is 0 Å². The SMILES string of the molecule is N=C1C=CC=C2NC(=O)N=C12. The normalized spacial score (nSPS) is 20.7. The summed E-state index contributed by atoms with van der Waals surface area (Å²) in [6.45, 7) is 0. The van der Waals surface area contributed by atoms with Crippen LogP contribution in [0.3, 0.4) is 0 Å². The van der Waals surface area contributed by atoms with E-state index in [9.17, 15) is 4.79 Å². The number of hydrogen-bond donors (Lipinski definition) is 2. The highest BCUT2D eigenvalue weighted by atomic mass is 16.2. The van der Waals surface area contributed by atoms with Crippen LogP contribution in [0.4, 0.5) is 4.79 Å². The molecule has 0 bridgehead atoms. The van der Waals surface area contributed by atoms with Crippen LogP contribution in [0.2, 0.25) is 0 Å². The van der Waals surface area contributed by atoms with E-state index in [-0.39, 0.29) is 11.7 Å². The minimum atomic E-state index is -0.389. The molecule has 0 aromatic rings. The number of nitrogens with zero attached hydrogens (tertiary/aromatic N) is 1. The summed E-state index contributed by atoms with van der Waals surface area (Å²) in [7, 11) is 0. The number of carbonyl (C=O) groups excluding carboxylic acids is 1. The number of nitrogens with one attached hydrogen (secondary N) is 2. The molecule has 1 aliphatic heterocycles. The van der Waals surface area contributed by atoms with E-state index in [2.05, 4.69) is 10.3 Å². The third-order valence-corrected chi connectivity index (χ3v) is 1.49. The van der Waals surface area contributed by atoms with Crippen molar-refractivity contribution in [2.45, 2.75) is 0 Å². The van der Waals surface area contributed by atoms with Crippen molar-refractivity contribution in [3.05, 3.63) is 23.9 Å². The average Bonchev–Trinajstić information content (AvgIpc) is 2.31. The summed E-state index contributed by atoms with van der Waals surface area (Å²) in [5.74, 6) is 0. The van der Waals surface area contributed by atoms with Gasteiger partial charge in [0, 0.05) is 0 Å². The predicted octanol–water partition coefficient (Wildman–Crippen LogP) is 0.624. The largest absolute Gasteiger partial charge is 0.346 e. The molecular weight excluding hydrogens is 142 g/mol. The van der Waals surface area contributed by atoms with Crippen molar-refractivity contribution >= 4 is 17.5 Å². The molecule has 54 valence electrons. The molecule has 0 radical (unpaired) electrons. The summed E-state index contributed by atoms with van der Waals surface area (Å²) in [4.78, 5) is 14.3. The third kappa shape index (κ3) is 0.797. The van der Waals surface area contributed by atoms with Gasteiger partial charge in [0.15, 0.2) is 0 Å². The maximum absolute atomic E-state index is 10.7. The first-order valence-electron chi connectivity index (χ1n) is 3.15. The Morgan fingerprint density at radius 1 is 1.55 bits per heavy atom. The topological polar surface area (TPSA) is 65.3 Å². The Labute approximate surface area is 62.8 Å². The van der Waals surface area contributed by atoms with Gasteiger partial charge >= 0.3 is 6.03 Å². The van der Waals surface area contributed by atoms with E-state index in [0.717, 1.165) is 0 Å². The molecular formula is C7H5N3O. The van der Waals surface area contributed by atoms with Crippen molar-refractivity contribution < 1.29 is 4.79 Å². The lowest BCUT2D eigenvalue weighted by Crippen LogP contribution is -2.20. The van der Waals surface area contributed by atoms with Crippen molar-refractivity contribution in [3.8, 4) is 0 Å². The molecule has 2 amide bonds. The molecule has 0 aromatic carbocycles. The van der Waals surface area contributed by atoms with Gasteiger partial charge in [0.05, 0.1) is 11.4 Å². The fraction of sp³-hybridized carbons (Fsp3) is 0. The Balaban J connectivity index is 2.52. The number of aliphatic imine (C=N–C) groups is 1. The minimum Gasteiger partial charge on any atom is -0.304 e. The summed E-state index contributed by atoms with van der Waals surface area (Å²) < 4.78 is 0. The van der Waals surface area contributed by atoms with Gasteiger partial charge in [-0.1, -0.05) is 6.08 Å². The van der Waals surface area contributed by atoms with Crippen molar-refractivity contribution in [2.24, 2.45) is 4.99 Å². The lowest BCUT2D eigenvalue weighted by atomic mass is 10.1. The Kier molecular flexibility index (Phi) is 1.03. The van der Waals surface area contributed by atoms with Gasteiger partial charge in [-0.05, 0) is 12.2 Å². The molecule has 0 saturated carbocycles. The van der Waals surface area contributed by atoms with Crippen LogP contribution >= 0.6 is 0 Å². The van der Waals surface area contributed by atoms with Crippen LogP contribution in [0, 0.1) is 5.41 Å². The average molecular weight is 147 g/mol. The van der Waals surface area contributed by atoms with E-state index >= 15 is 0 Å². The van der Waals surface area contributed by atoms with E-state index in [1.54, 1.807) is 18.2 Å². The summed E-state index contributed by atoms with van der Waals surface area (Å²) in [5.41, 5.74) is 1.35. The van der Waals surface area contributed by atoms with E-state index in [0.29, 0.717) is 11.4 Å². The van der Waals surface area contributed by atoms with Gasteiger partial charge in [-0.25, -0.2) is 4.79 Å². The molecule has 0 unspecified atom stereocenters. The minimum absolute atomic E-state index is 0.279. The Hall–Kier alpha value is -1.71. The molecule has 2 N–H and O–H groups in total. The molecule has 4 heteroatoms. The second-order valence-electron chi connectivity index (χ2n) is 2.24. The number of hydrogen-bond acceptors (Lipinski definition) is 2. The van der Waals surface area contributed by atoms with Crippen molar-refractivity contribution in [1.29, 1.82) is 5.41 Å². The monoisotopic (exact) mass is 147 g/mol. The first-order chi connectivity index (χ1) is 5.27. The van der Waals surface area contributed by atoms with Crippen LogP contribution in [-0.4, -0.2) is 17.5 Å². The zero-order valence-electron chi connectivity index (χ0n) is 5.59. The maximum atomic E-state index is 10.7. The standard InChI is InChI=1S/C7H5N3O/c8-4-2-1-3-5-6(4)10-7(11)9-5/h1-3,8H,(H,9,11). The van der Waals surface area contributed by atoms with Crippen LogP contribution in [0.25, 0.3) is 0 Å². The van der Waals surface area contributed by atoms with Gasteiger partial charge in [0.25, 0.3) is 0 Å². The number of amides is 2. The Bertz CT molecular complexity index is 336. The molecule has 0 atom stereocenters. The summed E-state index contributed by atoms with van der Waals surface area (Å²) in [6.07, 6.45) is 5.03. The molecule has 0 fully saturated rings. The van der Waals surface area contributed by atoms with Crippen molar-refractivity contribution in [1.82, 2.24) is 5.32 Å². The van der Waals surface area contributed by atoms with Crippen LogP contribution in [-0.2, 0) is 0 Å². The quantitative estimate of drug-likeness (QED) is 0.485.